The molecule has 5 atom stereocenters. The lowest BCUT2D eigenvalue weighted by molar-refractivity contribution is -0.161. The van der Waals surface area contributed by atoms with Crippen LogP contribution in [0.25, 0.3) is 0 Å². The number of allylic oxidation sites excluding steroid dienone is 14. The van der Waals surface area contributed by atoms with Crippen LogP contribution in [-0.4, -0.2) is 96.7 Å². The Morgan fingerprint density at radius 1 is 0.302 bits per heavy atom. The molecule has 17 nitrogen and oxygen atoms in total. The predicted octanol–water partition coefficient (Wildman–Crippen LogP) is 21.4. The Bertz CT molecular complexity index is 2160. The number of esters is 4. The normalized spacial score (nSPS) is 14.4. The SMILES string of the molecule is CC/C=C\C/C=C\C/C=C\CCCCCCCC(=O)OCC(COP(=O)(O)OCC(O)COP(=O)(O)OCC(COC(=O)CCCCCCC/C=C\C/C=C\C/C=C\CC)OC(=O)CCCCCCCCCCCCCCCCC)OC(=O)CCCCCCC/C=C\CCCC. The van der Waals surface area contributed by atoms with Crippen molar-refractivity contribution < 1.29 is 80.2 Å². The molecule has 5 unspecified atom stereocenters. The highest BCUT2D eigenvalue weighted by Gasteiger charge is 2.30. The summed E-state index contributed by atoms with van der Waals surface area (Å²) in [6.07, 6.45) is 70.1. The van der Waals surface area contributed by atoms with Gasteiger partial charge in [-0.15, -0.1) is 0 Å². The number of aliphatic hydroxyl groups excluding tert-OH is 1. The summed E-state index contributed by atoms with van der Waals surface area (Å²) in [4.78, 5) is 72.8. The van der Waals surface area contributed by atoms with Crippen molar-refractivity contribution in [1.82, 2.24) is 0 Å². The van der Waals surface area contributed by atoms with Gasteiger partial charge in [-0.05, 0) is 109 Å². The number of aliphatic hydroxyl groups is 1. The summed E-state index contributed by atoms with van der Waals surface area (Å²) in [6.45, 7) is 4.59. The van der Waals surface area contributed by atoms with E-state index in [4.69, 9.17) is 37.0 Å². The zero-order valence-electron chi connectivity index (χ0n) is 60.5. The van der Waals surface area contributed by atoms with E-state index in [1.54, 1.807) is 0 Å². The van der Waals surface area contributed by atoms with Gasteiger partial charge in [0.2, 0.25) is 0 Å². The number of unbranched alkanes of at least 4 members (excludes halogenated alkanes) is 31. The van der Waals surface area contributed by atoms with E-state index in [9.17, 15) is 43.2 Å². The van der Waals surface area contributed by atoms with Gasteiger partial charge < -0.3 is 33.8 Å². The first-order valence-corrected chi connectivity index (χ1v) is 40.8. The largest absolute Gasteiger partial charge is 0.472 e. The van der Waals surface area contributed by atoms with Crippen LogP contribution < -0.4 is 0 Å². The third-order valence-corrected chi connectivity index (χ3v) is 17.8. The van der Waals surface area contributed by atoms with Gasteiger partial charge in [-0.1, -0.05) is 273 Å². The third kappa shape index (κ3) is 68.8. The molecule has 556 valence electrons. The highest BCUT2D eigenvalue weighted by molar-refractivity contribution is 7.47. The molecule has 0 rings (SSSR count). The van der Waals surface area contributed by atoms with Crippen LogP contribution in [0, 0.1) is 0 Å². The zero-order chi connectivity index (χ0) is 70.4. The second-order valence-corrected chi connectivity index (χ2v) is 28.1. The lowest BCUT2D eigenvalue weighted by Crippen LogP contribution is -2.30. The first kappa shape index (κ1) is 92.2. The Labute approximate surface area is 583 Å². The summed E-state index contributed by atoms with van der Waals surface area (Å²) in [5.41, 5.74) is 0. The molecule has 3 N–H and O–H groups in total. The zero-order valence-corrected chi connectivity index (χ0v) is 62.3. The lowest BCUT2D eigenvalue weighted by atomic mass is 10.0. The van der Waals surface area contributed by atoms with Crippen molar-refractivity contribution in [3.63, 3.8) is 0 Å². The molecule has 0 bridgehead atoms. The van der Waals surface area contributed by atoms with Crippen molar-refractivity contribution in [2.75, 3.05) is 39.6 Å². The summed E-state index contributed by atoms with van der Waals surface area (Å²) in [6, 6.07) is 0. The topological polar surface area (TPSA) is 237 Å². The van der Waals surface area contributed by atoms with Crippen LogP contribution >= 0.6 is 15.6 Å². The molecule has 0 radical (unpaired) electrons. The maximum absolute atomic E-state index is 13.1. The number of carbonyl (C=O) groups excluding carboxylic acids is 4. The van der Waals surface area contributed by atoms with Crippen LogP contribution in [0.15, 0.2) is 85.1 Å². The number of hydrogen-bond acceptors (Lipinski definition) is 15. The Kier molecular flexibility index (Phi) is 67.0. The number of ether oxygens (including phenoxy) is 4. The maximum atomic E-state index is 13.1. The predicted molar refractivity (Wildman–Crippen MR) is 390 cm³/mol. The first-order chi connectivity index (χ1) is 46.7. The van der Waals surface area contributed by atoms with Gasteiger partial charge in [-0.3, -0.25) is 37.3 Å². The van der Waals surface area contributed by atoms with Crippen molar-refractivity contribution in [2.45, 2.75) is 341 Å². The molecule has 0 fully saturated rings. The summed E-state index contributed by atoms with van der Waals surface area (Å²) in [5.74, 6) is -2.20. The van der Waals surface area contributed by atoms with Gasteiger partial charge in [-0.2, -0.15) is 0 Å². The molecular formula is C77H136O17P2. The minimum atomic E-state index is -4.97. The molecule has 0 amide bonds. The van der Waals surface area contributed by atoms with Crippen LogP contribution in [0.5, 0.6) is 0 Å². The Hall–Kier alpha value is -3.76. The molecule has 0 saturated carbocycles. The van der Waals surface area contributed by atoms with Crippen molar-refractivity contribution in [3.8, 4) is 0 Å². The highest BCUT2D eigenvalue weighted by Crippen LogP contribution is 2.45. The average Bonchev–Trinajstić information content (AvgIpc) is 1.11. The Morgan fingerprint density at radius 3 is 0.875 bits per heavy atom. The quantitative estimate of drug-likeness (QED) is 0.0169. The molecule has 0 heterocycles. The van der Waals surface area contributed by atoms with E-state index < -0.39 is 97.5 Å². The Balaban J connectivity index is 5.33. The van der Waals surface area contributed by atoms with E-state index in [-0.39, 0.29) is 25.7 Å². The molecule has 0 aliphatic heterocycles. The van der Waals surface area contributed by atoms with Crippen LogP contribution in [0.3, 0.4) is 0 Å². The molecule has 0 aromatic heterocycles. The smallest absolute Gasteiger partial charge is 0.462 e. The van der Waals surface area contributed by atoms with Gasteiger partial charge >= 0.3 is 39.5 Å². The number of phosphoric acid groups is 2. The lowest BCUT2D eigenvalue weighted by Gasteiger charge is -2.21. The average molecular weight is 1400 g/mol. The standard InChI is InChI=1S/C77H136O17P2/c1-5-9-13-17-21-25-29-32-35-38-42-45-49-53-57-61-74(79)87-67-72(93-76(81)63-59-55-51-47-41-28-24-20-16-12-8-4)69-91-95(83,84)89-65-71(78)66-90-96(85,86)92-70-73(94-77(82)64-60-56-52-48-44-40-37-34-31-27-23-19-15-11-7-3)68-88-75(80)62-58-54-50-46-43-39-36-33-30-26-22-18-14-10-6-2/h9-10,13-14,20-22,24-26,32-33,35-36,71-73,78H,5-8,11-12,15-19,23,27-31,34,37-70H2,1-4H3,(H,83,84)(H,85,86)/b13-9-,14-10-,24-20-,25-21-,26-22-,35-32-,36-33-. The van der Waals surface area contributed by atoms with E-state index in [1.165, 1.54) is 77.0 Å². The molecule has 0 aromatic rings. The molecule has 19 heteroatoms. The van der Waals surface area contributed by atoms with Crippen molar-refractivity contribution in [2.24, 2.45) is 0 Å². The monoisotopic (exact) mass is 1390 g/mol. The molecule has 0 aliphatic carbocycles. The van der Waals surface area contributed by atoms with Crippen molar-refractivity contribution in [1.29, 1.82) is 0 Å². The van der Waals surface area contributed by atoms with Crippen LogP contribution in [0.4, 0.5) is 0 Å². The fourth-order valence-corrected chi connectivity index (χ4v) is 11.7. The maximum Gasteiger partial charge on any atom is 0.472 e. The number of rotatable bonds is 71. The third-order valence-electron chi connectivity index (χ3n) is 15.9. The van der Waals surface area contributed by atoms with E-state index in [1.807, 2.05) is 0 Å². The van der Waals surface area contributed by atoms with Gasteiger partial charge in [0.25, 0.3) is 0 Å². The van der Waals surface area contributed by atoms with Gasteiger partial charge in [0, 0.05) is 25.7 Å². The van der Waals surface area contributed by atoms with E-state index in [2.05, 4.69) is 113 Å². The summed E-state index contributed by atoms with van der Waals surface area (Å²) in [7, 11) is -9.95. The highest BCUT2D eigenvalue weighted by atomic mass is 31.2. The van der Waals surface area contributed by atoms with Gasteiger partial charge in [0.15, 0.2) is 12.2 Å². The number of carbonyl (C=O) groups is 4. The van der Waals surface area contributed by atoms with E-state index in [0.717, 1.165) is 167 Å². The fraction of sp³-hybridized carbons (Fsp3) is 0.766. The second kappa shape index (κ2) is 69.7. The fourth-order valence-electron chi connectivity index (χ4n) is 10.1. The van der Waals surface area contributed by atoms with E-state index >= 15 is 0 Å². The molecule has 0 aliphatic rings. The van der Waals surface area contributed by atoms with Gasteiger partial charge in [0.05, 0.1) is 26.4 Å². The van der Waals surface area contributed by atoms with Crippen LogP contribution in [0.2, 0.25) is 0 Å². The minimum absolute atomic E-state index is 0.0815. The molecule has 0 aromatic carbocycles. The Morgan fingerprint density at radius 2 is 0.552 bits per heavy atom. The second-order valence-electron chi connectivity index (χ2n) is 25.2. The summed E-state index contributed by atoms with van der Waals surface area (Å²) in [5, 5.41) is 10.6. The van der Waals surface area contributed by atoms with Crippen LogP contribution in [0.1, 0.15) is 323 Å². The van der Waals surface area contributed by atoms with Gasteiger partial charge in [0.1, 0.15) is 19.3 Å². The molecule has 0 spiro atoms. The van der Waals surface area contributed by atoms with Crippen LogP contribution in [-0.2, 0) is 65.4 Å². The molecular weight excluding hydrogens is 1260 g/mol. The number of phosphoric ester groups is 2. The molecule has 0 saturated heterocycles. The molecule has 96 heavy (non-hydrogen) atoms. The first-order valence-electron chi connectivity index (χ1n) is 37.8. The number of hydrogen-bond donors (Lipinski definition) is 3. The summed E-state index contributed by atoms with van der Waals surface area (Å²) < 4.78 is 68.4. The van der Waals surface area contributed by atoms with Crippen molar-refractivity contribution >= 4 is 39.5 Å². The van der Waals surface area contributed by atoms with Crippen molar-refractivity contribution in [3.05, 3.63) is 85.1 Å². The minimum Gasteiger partial charge on any atom is -0.462 e. The van der Waals surface area contributed by atoms with Gasteiger partial charge in [-0.25, -0.2) is 9.13 Å². The van der Waals surface area contributed by atoms with E-state index in [0.29, 0.717) is 25.7 Å². The summed E-state index contributed by atoms with van der Waals surface area (Å²) >= 11 is 0.